The maximum atomic E-state index is 11.1. The molecule has 0 aliphatic carbocycles. The first-order valence-electron chi connectivity index (χ1n) is 6.28. The van der Waals surface area contributed by atoms with Crippen LogP contribution in [0.15, 0.2) is 35.7 Å². The van der Waals surface area contributed by atoms with E-state index in [0.29, 0.717) is 17.1 Å². The number of ether oxygens (including phenoxy) is 1. The zero-order chi connectivity index (χ0) is 14.7. The highest BCUT2D eigenvalue weighted by Gasteiger charge is 2.16. The Balaban J connectivity index is 1.89. The van der Waals surface area contributed by atoms with Gasteiger partial charge in [-0.2, -0.15) is 4.68 Å². The summed E-state index contributed by atoms with van der Waals surface area (Å²) in [6, 6.07) is 9.38. The van der Waals surface area contributed by atoms with Gasteiger partial charge in [0.1, 0.15) is 18.1 Å². The van der Waals surface area contributed by atoms with Crippen molar-refractivity contribution in [3.8, 4) is 10.9 Å². The Morgan fingerprint density at radius 2 is 2.14 bits per heavy atom. The summed E-state index contributed by atoms with van der Waals surface area (Å²) < 4.78 is 7.22. The molecule has 2 heterocycles. The van der Waals surface area contributed by atoms with Gasteiger partial charge in [-0.15, -0.1) is 16.4 Å². The van der Waals surface area contributed by atoms with Gasteiger partial charge in [0.05, 0.1) is 5.69 Å². The Hall–Kier alpha value is -2.54. The zero-order valence-electron chi connectivity index (χ0n) is 11.3. The van der Waals surface area contributed by atoms with Crippen molar-refractivity contribution in [3.63, 3.8) is 0 Å². The van der Waals surface area contributed by atoms with E-state index in [1.165, 1.54) is 11.3 Å². The molecule has 0 unspecified atom stereocenters. The topological polar surface area (TPSA) is 69.9 Å². The van der Waals surface area contributed by atoms with Crippen LogP contribution in [0.5, 0.6) is 5.75 Å². The van der Waals surface area contributed by atoms with Gasteiger partial charge in [0.15, 0.2) is 12.0 Å². The van der Waals surface area contributed by atoms with Crippen LogP contribution in [0.3, 0.4) is 0 Å². The molecule has 0 radical (unpaired) electrons. The quantitative estimate of drug-likeness (QED) is 0.677. The SMILES string of the molecule is Cc1csc(-n2nnc(C=O)c2COc2ccccc2)n1. The second-order valence-corrected chi connectivity index (χ2v) is 5.16. The van der Waals surface area contributed by atoms with Gasteiger partial charge < -0.3 is 4.74 Å². The number of nitrogens with zero attached hydrogens (tertiary/aromatic N) is 4. The summed E-state index contributed by atoms with van der Waals surface area (Å²) in [6.45, 7) is 2.10. The standard InChI is InChI=1S/C14H12N4O2S/c1-10-9-21-14(15-10)18-13(12(7-19)16-17-18)8-20-11-5-3-2-4-6-11/h2-7,9H,8H2,1H3. The van der Waals surface area contributed by atoms with Gasteiger partial charge in [-0.1, -0.05) is 23.4 Å². The van der Waals surface area contributed by atoms with Crippen LogP contribution in [-0.2, 0) is 6.61 Å². The molecule has 0 fully saturated rings. The molecule has 0 spiro atoms. The maximum Gasteiger partial charge on any atom is 0.212 e. The average molecular weight is 300 g/mol. The van der Waals surface area contributed by atoms with Crippen molar-refractivity contribution in [2.45, 2.75) is 13.5 Å². The number of carbonyl (C=O) groups is 1. The Kier molecular flexibility index (Phi) is 3.74. The fourth-order valence-corrected chi connectivity index (χ4v) is 2.57. The number of thiazole rings is 1. The van der Waals surface area contributed by atoms with Gasteiger partial charge in [0.2, 0.25) is 5.13 Å². The Labute approximate surface area is 125 Å². The number of benzene rings is 1. The molecule has 0 atom stereocenters. The minimum Gasteiger partial charge on any atom is -0.487 e. The summed E-state index contributed by atoms with van der Waals surface area (Å²) in [5.74, 6) is 0.720. The fourth-order valence-electron chi connectivity index (χ4n) is 1.80. The van der Waals surface area contributed by atoms with E-state index in [4.69, 9.17) is 4.74 Å². The molecule has 6 nitrogen and oxygen atoms in total. The Morgan fingerprint density at radius 3 is 2.81 bits per heavy atom. The summed E-state index contributed by atoms with van der Waals surface area (Å²) >= 11 is 1.44. The van der Waals surface area contributed by atoms with Crippen molar-refractivity contribution in [1.29, 1.82) is 0 Å². The van der Waals surface area contributed by atoms with Crippen molar-refractivity contribution >= 4 is 17.6 Å². The first kappa shape index (κ1) is 13.4. The molecule has 2 aromatic heterocycles. The third-order valence-electron chi connectivity index (χ3n) is 2.81. The van der Waals surface area contributed by atoms with E-state index in [0.717, 1.165) is 11.4 Å². The molecule has 0 amide bonds. The van der Waals surface area contributed by atoms with Gasteiger partial charge in [-0.05, 0) is 19.1 Å². The molecule has 21 heavy (non-hydrogen) atoms. The molecule has 0 saturated carbocycles. The van der Waals surface area contributed by atoms with Crippen LogP contribution in [-0.4, -0.2) is 26.3 Å². The van der Waals surface area contributed by atoms with E-state index in [-0.39, 0.29) is 12.3 Å². The van der Waals surface area contributed by atoms with Crippen molar-refractivity contribution in [3.05, 3.63) is 52.8 Å². The third kappa shape index (κ3) is 2.82. The van der Waals surface area contributed by atoms with Crippen LogP contribution in [0.4, 0.5) is 0 Å². The number of hydrogen-bond acceptors (Lipinski definition) is 6. The summed E-state index contributed by atoms with van der Waals surface area (Å²) in [5.41, 5.74) is 1.75. The highest BCUT2D eigenvalue weighted by molar-refractivity contribution is 7.12. The summed E-state index contributed by atoms with van der Waals surface area (Å²) in [4.78, 5) is 15.5. The molecular formula is C14H12N4O2S. The molecule has 3 aromatic rings. The molecule has 7 heteroatoms. The first-order valence-corrected chi connectivity index (χ1v) is 7.16. The number of aromatic nitrogens is 4. The van der Waals surface area contributed by atoms with Crippen LogP contribution in [0.2, 0.25) is 0 Å². The summed E-state index contributed by atoms with van der Waals surface area (Å²) in [6.07, 6.45) is 0.674. The molecule has 0 N–H and O–H groups in total. The number of para-hydroxylation sites is 1. The highest BCUT2D eigenvalue weighted by atomic mass is 32.1. The number of aryl methyl sites for hydroxylation is 1. The number of aldehydes is 1. The molecule has 1 aromatic carbocycles. The van der Waals surface area contributed by atoms with E-state index >= 15 is 0 Å². The Bertz CT molecular complexity index is 751. The minimum absolute atomic E-state index is 0.198. The van der Waals surface area contributed by atoms with Crippen LogP contribution in [0.25, 0.3) is 5.13 Å². The lowest BCUT2D eigenvalue weighted by Crippen LogP contribution is -2.07. The van der Waals surface area contributed by atoms with Crippen molar-refractivity contribution in [1.82, 2.24) is 20.0 Å². The monoisotopic (exact) mass is 300 g/mol. The third-order valence-corrected chi connectivity index (χ3v) is 3.75. The molecule has 106 valence electrons. The minimum atomic E-state index is 0.198. The van der Waals surface area contributed by atoms with Crippen LogP contribution in [0.1, 0.15) is 21.9 Å². The highest BCUT2D eigenvalue weighted by Crippen LogP contribution is 2.18. The van der Waals surface area contributed by atoms with Crippen LogP contribution >= 0.6 is 11.3 Å². The van der Waals surface area contributed by atoms with Crippen LogP contribution < -0.4 is 4.74 Å². The molecular weight excluding hydrogens is 288 g/mol. The largest absolute Gasteiger partial charge is 0.487 e. The number of carbonyl (C=O) groups excluding carboxylic acids is 1. The van der Waals surface area contributed by atoms with Crippen molar-refractivity contribution < 1.29 is 9.53 Å². The fraction of sp³-hybridized carbons (Fsp3) is 0.143. The number of rotatable bonds is 5. The lowest BCUT2D eigenvalue weighted by molar-refractivity contribution is 0.111. The second kappa shape index (κ2) is 5.84. The lowest BCUT2D eigenvalue weighted by Gasteiger charge is -2.06. The number of hydrogen-bond donors (Lipinski definition) is 0. The van der Waals surface area contributed by atoms with Crippen molar-refractivity contribution in [2.24, 2.45) is 0 Å². The maximum absolute atomic E-state index is 11.1. The summed E-state index contributed by atoms with van der Waals surface area (Å²) in [5, 5.41) is 10.4. The predicted octanol–water partition coefficient (Wildman–Crippen LogP) is 2.42. The predicted molar refractivity (Wildman–Crippen MR) is 77.9 cm³/mol. The van der Waals surface area contributed by atoms with Gasteiger partial charge in [-0.25, -0.2) is 4.98 Å². The lowest BCUT2D eigenvalue weighted by atomic mass is 10.3. The first-order chi connectivity index (χ1) is 10.3. The van der Waals surface area contributed by atoms with E-state index in [9.17, 15) is 4.79 Å². The molecule has 0 aliphatic heterocycles. The van der Waals surface area contributed by atoms with Gasteiger partial charge in [-0.3, -0.25) is 4.79 Å². The van der Waals surface area contributed by atoms with E-state index < -0.39 is 0 Å². The van der Waals surface area contributed by atoms with E-state index in [2.05, 4.69) is 15.3 Å². The smallest absolute Gasteiger partial charge is 0.212 e. The molecule has 0 bridgehead atoms. The Morgan fingerprint density at radius 1 is 1.33 bits per heavy atom. The van der Waals surface area contributed by atoms with Gasteiger partial charge in [0.25, 0.3) is 0 Å². The normalized spacial score (nSPS) is 10.5. The van der Waals surface area contributed by atoms with Crippen molar-refractivity contribution in [2.75, 3.05) is 0 Å². The second-order valence-electron chi connectivity index (χ2n) is 4.32. The molecule has 0 aliphatic rings. The average Bonchev–Trinajstić information content (AvgIpc) is 3.11. The van der Waals surface area contributed by atoms with E-state index in [1.54, 1.807) is 4.68 Å². The summed E-state index contributed by atoms with van der Waals surface area (Å²) in [7, 11) is 0. The van der Waals surface area contributed by atoms with Crippen LogP contribution in [0, 0.1) is 6.92 Å². The van der Waals surface area contributed by atoms with Gasteiger partial charge >= 0.3 is 0 Å². The molecule has 3 rings (SSSR count). The van der Waals surface area contributed by atoms with Gasteiger partial charge in [0, 0.05) is 5.38 Å². The van der Waals surface area contributed by atoms with E-state index in [1.807, 2.05) is 42.6 Å². The zero-order valence-corrected chi connectivity index (χ0v) is 12.1. The molecule has 0 saturated heterocycles.